The van der Waals surface area contributed by atoms with Crippen molar-refractivity contribution in [3.05, 3.63) is 99.0 Å². The number of hydrazone groups is 1. The van der Waals surface area contributed by atoms with Crippen LogP contribution in [0.15, 0.2) is 82.4 Å². The van der Waals surface area contributed by atoms with Crippen molar-refractivity contribution >= 4 is 50.8 Å². The van der Waals surface area contributed by atoms with Gasteiger partial charge in [-0.1, -0.05) is 63.9 Å². The van der Waals surface area contributed by atoms with Crippen LogP contribution in [0.3, 0.4) is 0 Å². The number of rotatable bonds is 8. The predicted octanol–water partition coefficient (Wildman–Crippen LogP) is 6.57. The maximum Gasteiger partial charge on any atom is 0.417 e. The largest absolute Gasteiger partial charge is 0.465 e. The third-order valence-corrected chi connectivity index (χ3v) is 7.01. The molecule has 1 aliphatic rings. The molecule has 4 rings (SSSR count). The fraction of sp³-hybridized carbons (Fsp3) is 0.250. The molecule has 1 unspecified atom stereocenters. The number of esters is 1. The van der Waals surface area contributed by atoms with Crippen molar-refractivity contribution in [3.8, 4) is 0 Å². The number of ether oxygens (including phenoxy) is 1. The van der Waals surface area contributed by atoms with Gasteiger partial charge >= 0.3 is 12.1 Å². The van der Waals surface area contributed by atoms with Crippen LogP contribution in [0.4, 0.5) is 18.9 Å². The summed E-state index contributed by atoms with van der Waals surface area (Å²) in [7, 11) is 0. The van der Waals surface area contributed by atoms with Crippen molar-refractivity contribution in [2.75, 3.05) is 25.0 Å². The number of hydrogen-bond acceptors (Lipinski definition) is 5. The number of hydrogen-bond donors (Lipinski definition) is 1. The molecular formula is C28H24BrClF3N3O3. The maximum absolute atomic E-state index is 13.6. The van der Waals surface area contributed by atoms with Crippen LogP contribution < -0.4 is 5.32 Å². The fourth-order valence-electron chi connectivity index (χ4n) is 4.46. The van der Waals surface area contributed by atoms with E-state index in [1.54, 1.807) is 31.2 Å². The Morgan fingerprint density at radius 3 is 2.41 bits per heavy atom. The lowest BCUT2D eigenvalue weighted by Gasteiger charge is -2.29. The highest BCUT2D eigenvalue weighted by molar-refractivity contribution is 9.10. The lowest BCUT2D eigenvalue weighted by molar-refractivity contribution is -0.151. The maximum atomic E-state index is 13.6. The SMILES string of the molecule is CCOC(=O)C1(Cc2ccccc2)CN(CC(=O)Nc2ccc(Br)cc2)N=C1c1ccc(C(F)(F)F)c(Cl)c1. The molecule has 0 aliphatic carbocycles. The summed E-state index contributed by atoms with van der Waals surface area (Å²) in [6.45, 7) is 1.52. The van der Waals surface area contributed by atoms with Gasteiger partial charge in [-0.25, -0.2) is 0 Å². The van der Waals surface area contributed by atoms with Gasteiger partial charge < -0.3 is 10.1 Å². The standard InChI is InChI=1S/C28H24BrClF3N3O3/c1-2-39-26(38)27(15-18-6-4-3-5-7-18)17-36(16-24(37)34-21-11-9-20(29)10-12-21)35-25(27)19-8-13-22(23(30)14-19)28(31,32)33/h3-14H,2,15-17H2,1H3,(H,34,37). The lowest BCUT2D eigenvalue weighted by Crippen LogP contribution is -2.46. The number of amides is 1. The van der Waals surface area contributed by atoms with Crippen molar-refractivity contribution in [2.45, 2.75) is 19.5 Å². The molecule has 0 radical (unpaired) electrons. The third-order valence-electron chi connectivity index (χ3n) is 6.16. The van der Waals surface area contributed by atoms with Crippen LogP contribution in [-0.4, -0.2) is 42.3 Å². The smallest absolute Gasteiger partial charge is 0.417 e. The highest BCUT2D eigenvalue weighted by Crippen LogP contribution is 2.40. The van der Waals surface area contributed by atoms with Crippen LogP contribution in [-0.2, 0) is 26.9 Å². The van der Waals surface area contributed by atoms with E-state index in [4.69, 9.17) is 16.3 Å². The molecule has 6 nitrogen and oxygen atoms in total. The molecule has 0 spiro atoms. The second-order valence-corrected chi connectivity index (χ2v) is 10.3. The number of nitrogens with one attached hydrogen (secondary N) is 1. The minimum Gasteiger partial charge on any atom is -0.465 e. The highest BCUT2D eigenvalue weighted by Gasteiger charge is 2.51. The number of carbonyl (C=O) groups excluding carboxylic acids is 2. The van der Waals surface area contributed by atoms with E-state index in [9.17, 15) is 22.8 Å². The molecule has 204 valence electrons. The van der Waals surface area contributed by atoms with Gasteiger partial charge in [0.25, 0.3) is 0 Å². The van der Waals surface area contributed by atoms with Crippen molar-refractivity contribution < 1.29 is 27.5 Å². The molecule has 1 aliphatic heterocycles. The Morgan fingerprint density at radius 1 is 1.10 bits per heavy atom. The Morgan fingerprint density at radius 2 is 1.79 bits per heavy atom. The number of anilines is 1. The first-order chi connectivity index (χ1) is 18.5. The van der Waals surface area contributed by atoms with Crippen molar-refractivity contribution in [2.24, 2.45) is 10.5 Å². The van der Waals surface area contributed by atoms with Crippen LogP contribution >= 0.6 is 27.5 Å². The summed E-state index contributed by atoms with van der Waals surface area (Å²) in [6, 6.07) is 19.4. The molecule has 11 heteroatoms. The molecule has 3 aromatic carbocycles. The van der Waals surface area contributed by atoms with Gasteiger partial charge in [0, 0.05) is 15.7 Å². The number of benzene rings is 3. The van der Waals surface area contributed by atoms with Crippen LogP contribution in [0, 0.1) is 5.41 Å². The summed E-state index contributed by atoms with van der Waals surface area (Å²) >= 11 is 9.38. The van der Waals surface area contributed by atoms with Gasteiger partial charge in [0.15, 0.2) is 0 Å². The summed E-state index contributed by atoms with van der Waals surface area (Å²) in [6.07, 6.45) is -4.50. The van der Waals surface area contributed by atoms with E-state index in [1.807, 2.05) is 30.3 Å². The van der Waals surface area contributed by atoms with Gasteiger partial charge in [0.1, 0.15) is 12.0 Å². The Hall–Kier alpha value is -3.37. The average Bonchev–Trinajstić information content (AvgIpc) is 3.24. The topological polar surface area (TPSA) is 71.0 Å². The van der Waals surface area contributed by atoms with Crippen molar-refractivity contribution in [1.82, 2.24) is 5.01 Å². The second-order valence-electron chi connectivity index (χ2n) is 8.98. The van der Waals surface area contributed by atoms with Gasteiger partial charge in [0.05, 0.1) is 29.4 Å². The first-order valence-electron chi connectivity index (χ1n) is 12.0. The number of carbonyl (C=O) groups is 2. The quantitative estimate of drug-likeness (QED) is 0.289. The van der Waals surface area contributed by atoms with E-state index < -0.39 is 28.1 Å². The Kier molecular flexibility index (Phi) is 8.66. The lowest BCUT2D eigenvalue weighted by atomic mass is 9.75. The average molecular weight is 623 g/mol. The zero-order chi connectivity index (χ0) is 28.2. The Balaban J connectivity index is 1.74. The first-order valence-corrected chi connectivity index (χ1v) is 13.2. The molecule has 0 fully saturated rings. The molecule has 1 N–H and O–H groups in total. The van der Waals surface area contributed by atoms with E-state index >= 15 is 0 Å². The predicted molar refractivity (Wildman–Crippen MR) is 147 cm³/mol. The van der Waals surface area contributed by atoms with Gasteiger partial charge in [-0.15, -0.1) is 0 Å². The minimum absolute atomic E-state index is 0.0253. The monoisotopic (exact) mass is 621 g/mol. The summed E-state index contributed by atoms with van der Waals surface area (Å²) < 4.78 is 46.5. The van der Waals surface area contributed by atoms with Crippen molar-refractivity contribution in [3.63, 3.8) is 0 Å². The normalized spacial score (nSPS) is 17.1. The number of halogens is 5. The van der Waals surface area contributed by atoms with E-state index in [-0.39, 0.29) is 43.3 Å². The zero-order valence-corrected chi connectivity index (χ0v) is 23.1. The molecule has 1 atom stereocenters. The number of alkyl halides is 3. The molecule has 0 saturated heterocycles. The molecular weight excluding hydrogens is 599 g/mol. The molecule has 0 saturated carbocycles. The van der Waals surface area contributed by atoms with E-state index in [2.05, 4.69) is 26.3 Å². The molecule has 0 bridgehead atoms. The Bertz CT molecular complexity index is 1380. The van der Waals surface area contributed by atoms with Crippen molar-refractivity contribution in [1.29, 1.82) is 0 Å². The fourth-order valence-corrected chi connectivity index (χ4v) is 5.01. The minimum atomic E-state index is -4.65. The summed E-state index contributed by atoms with van der Waals surface area (Å²) in [5.41, 5.74) is -0.635. The van der Waals surface area contributed by atoms with Gasteiger partial charge in [0.2, 0.25) is 5.91 Å². The first kappa shape index (κ1) is 28.6. The van der Waals surface area contributed by atoms with Gasteiger partial charge in [-0.05, 0) is 55.3 Å². The highest BCUT2D eigenvalue weighted by atomic mass is 79.9. The number of nitrogens with zero attached hydrogens (tertiary/aromatic N) is 2. The van der Waals surface area contributed by atoms with Gasteiger partial charge in [-0.3, -0.25) is 14.6 Å². The zero-order valence-electron chi connectivity index (χ0n) is 20.8. The van der Waals surface area contributed by atoms with Crippen LogP contribution in [0.1, 0.15) is 23.6 Å². The third kappa shape index (κ3) is 6.62. The summed E-state index contributed by atoms with van der Waals surface area (Å²) in [5, 5.41) is 8.27. The van der Waals surface area contributed by atoms with E-state index in [1.165, 1.54) is 11.1 Å². The van der Waals surface area contributed by atoms with Crippen LogP contribution in [0.5, 0.6) is 0 Å². The second kappa shape index (κ2) is 11.8. The molecule has 39 heavy (non-hydrogen) atoms. The summed E-state index contributed by atoms with van der Waals surface area (Å²) in [5.74, 6) is -0.982. The van der Waals surface area contributed by atoms with Crippen LogP contribution in [0.2, 0.25) is 5.02 Å². The summed E-state index contributed by atoms with van der Waals surface area (Å²) in [4.78, 5) is 26.4. The molecule has 1 heterocycles. The Labute approximate surface area is 236 Å². The van der Waals surface area contributed by atoms with Crippen LogP contribution in [0.25, 0.3) is 0 Å². The van der Waals surface area contributed by atoms with E-state index in [0.29, 0.717) is 5.69 Å². The van der Waals surface area contributed by atoms with Gasteiger partial charge in [-0.2, -0.15) is 18.3 Å². The molecule has 1 amide bonds. The van der Waals surface area contributed by atoms with E-state index in [0.717, 1.165) is 22.2 Å². The molecule has 0 aromatic heterocycles. The molecule has 3 aromatic rings.